The predicted octanol–water partition coefficient (Wildman–Crippen LogP) is 5.97. The van der Waals surface area contributed by atoms with Crippen molar-refractivity contribution in [2.24, 2.45) is 15.4 Å². The zero-order valence-electron chi connectivity index (χ0n) is 19.3. The predicted molar refractivity (Wildman–Crippen MR) is 131 cm³/mol. The molecule has 1 fully saturated rings. The highest BCUT2D eigenvalue weighted by atomic mass is 16.5. The van der Waals surface area contributed by atoms with Crippen molar-refractivity contribution < 1.29 is 9.47 Å². The number of anilines is 2. The Hall–Kier alpha value is -3.65. The zero-order valence-corrected chi connectivity index (χ0v) is 19.3. The van der Waals surface area contributed by atoms with Crippen molar-refractivity contribution in [1.29, 1.82) is 0 Å². The number of hydrogen-bond acceptors (Lipinski definition) is 8. The quantitative estimate of drug-likeness (QED) is 0.451. The Kier molecular flexibility index (Phi) is 6.86. The van der Waals surface area contributed by atoms with Crippen LogP contribution < -0.4 is 10.1 Å². The number of aryl methyl sites for hydroxylation is 2. The smallest absolute Gasteiger partial charge is 0.149 e. The molecule has 0 atom stereocenters. The molecule has 0 aliphatic carbocycles. The maximum absolute atomic E-state index is 6.30. The van der Waals surface area contributed by atoms with Crippen LogP contribution in [0.3, 0.4) is 0 Å². The summed E-state index contributed by atoms with van der Waals surface area (Å²) in [5.41, 5.74) is 5.23. The van der Waals surface area contributed by atoms with E-state index in [2.05, 4.69) is 37.9 Å². The summed E-state index contributed by atoms with van der Waals surface area (Å²) in [5.74, 6) is 2.59. The Morgan fingerprint density at radius 1 is 1.06 bits per heavy atom. The first kappa shape index (κ1) is 22.2. The number of pyridine rings is 2. The van der Waals surface area contributed by atoms with Gasteiger partial charge < -0.3 is 14.8 Å². The summed E-state index contributed by atoms with van der Waals surface area (Å²) in [6.45, 7) is 4.16. The van der Waals surface area contributed by atoms with Gasteiger partial charge in [0.05, 0.1) is 11.4 Å². The van der Waals surface area contributed by atoms with Crippen LogP contribution in [0.2, 0.25) is 0 Å². The van der Waals surface area contributed by atoms with E-state index in [1.54, 1.807) is 6.20 Å². The van der Waals surface area contributed by atoms with Crippen LogP contribution in [0.5, 0.6) is 11.5 Å². The maximum Gasteiger partial charge on any atom is 0.149 e. The van der Waals surface area contributed by atoms with Crippen LogP contribution in [0.25, 0.3) is 0 Å². The molecule has 1 aromatic carbocycles. The molecule has 4 heterocycles. The molecule has 0 unspecified atom stereocenters. The molecule has 0 saturated carbocycles. The third-order valence-electron chi connectivity index (χ3n) is 6.00. The molecule has 2 aliphatic heterocycles. The first-order valence-corrected chi connectivity index (χ1v) is 11.7. The molecule has 0 amide bonds. The normalized spacial score (nSPS) is 15.9. The number of hydrogen-bond donors (Lipinski definition) is 1. The Labute approximate surface area is 199 Å². The van der Waals surface area contributed by atoms with Gasteiger partial charge in [0.1, 0.15) is 23.9 Å². The highest BCUT2D eigenvalue weighted by molar-refractivity contribution is 5.87. The van der Waals surface area contributed by atoms with Gasteiger partial charge in [0.25, 0.3) is 0 Å². The summed E-state index contributed by atoms with van der Waals surface area (Å²) in [6, 6.07) is 16.1. The highest BCUT2D eigenvalue weighted by Gasteiger charge is 2.22. The van der Waals surface area contributed by atoms with E-state index in [9.17, 15) is 0 Å². The fraction of sp³-hybridized carbons (Fsp3) is 0.346. The molecular weight excluding hydrogens is 428 g/mol. The zero-order chi connectivity index (χ0) is 23.2. The van der Waals surface area contributed by atoms with Gasteiger partial charge in [0.2, 0.25) is 0 Å². The highest BCUT2D eigenvalue weighted by Crippen LogP contribution is 2.35. The standard InChI is InChI=1S/C26H28N6O2/c1-18-5-8-24(26(29-18)20-10-13-33-14-11-20)34-23-9-12-27-25(16-23)30-21-4-2-3-19(15-21)6-7-22-17-28-32-31-22/h2-5,8-9,12,15-16,20H,6-7,10-11,13-14,17H2,1H3,(H,27,30). The second kappa shape index (κ2) is 10.5. The summed E-state index contributed by atoms with van der Waals surface area (Å²) in [5, 5.41) is 15.0. The lowest BCUT2D eigenvalue weighted by Gasteiger charge is -2.23. The van der Waals surface area contributed by atoms with Crippen molar-refractivity contribution >= 4 is 17.2 Å². The van der Waals surface area contributed by atoms with Gasteiger partial charge in [-0.3, -0.25) is 4.98 Å². The van der Waals surface area contributed by atoms with Crippen molar-refractivity contribution in [2.75, 3.05) is 25.1 Å². The SMILES string of the molecule is Cc1ccc(Oc2ccnc(Nc3cccc(CCC4=NN=NC4)c3)c2)c(C2CCOCC2)n1. The lowest BCUT2D eigenvalue weighted by Crippen LogP contribution is -2.16. The minimum absolute atomic E-state index is 0.350. The van der Waals surface area contributed by atoms with Crippen LogP contribution in [-0.4, -0.2) is 35.4 Å². The van der Waals surface area contributed by atoms with Crippen LogP contribution in [0.1, 0.15) is 42.1 Å². The molecule has 1 saturated heterocycles. The van der Waals surface area contributed by atoms with Crippen molar-refractivity contribution in [3.63, 3.8) is 0 Å². The summed E-state index contributed by atoms with van der Waals surface area (Å²) in [7, 11) is 0. The second-order valence-electron chi connectivity index (χ2n) is 8.58. The third kappa shape index (κ3) is 5.63. The minimum Gasteiger partial charge on any atom is -0.455 e. The fourth-order valence-electron chi connectivity index (χ4n) is 4.19. The Balaban J connectivity index is 1.28. The van der Waals surface area contributed by atoms with Gasteiger partial charge >= 0.3 is 0 Å². The largest absolute Gasteiger partial charge is 0.455 e. The van der Waals surface area contributed by atoms with Crippen molar-refractivity contribution in [3.05, 3.63) is 71.7 Å². The van der Waals surface area contributed by atoms with E-state index in [0.717, 1.165) is 79.0 Å². The van der Waals surface area contributed by atoms with Gasteiger partial charge in [0.15, 0.2) is 0 Å². The Bertz CT molecular complexity index is 1200. The fourth-order valence-corrected chi connectivity index (χ4v) is 4.19. The first-order chi connectivity index (χ1) is 16.7. The number of aromatic nitrogens is 2. The van der Waals surface area contributed by atoms with Crippen LogP contribution in [0.15, 0.2) is 70.2 Å². The van der Waals surface area contributed by atoms with E-state index < -0.39 is 0 Å². The summed E-state index contributed by atoms with van der Waals surface area (Å²) in [4.78, 5) is 9.28. The first-order valence-electron chi connectivity index (χ1n) is 11.7. The molecule has 2 aliphatic rings. The average molecular weight is 457 g/mol. The lowest BCUT2D eigenvalue weighted by molar-refractivity contribution is 0.0840. The monoisotopic (exact) mass is 456 g/mol. The van der Waals surface area contributed by atoms with Gasteiger partial charge in [-0.1, -0.05) is 12.1 Å². The van der Waals surface area contributed by atoms with Crippen LogP contribution in [0, 0.1) is 6.92 Å². The molecular formula is C26H28N6O2. The van der Waals surface area contributed by atoms with E-state index in [1.165, 1.54) is 5.56 Å². The molecule has 2 aromatic heterocycles. The number of rotatable bonds is 8. The van der Waals surface area contributed by atoms with Gasteiger partial charge in [0, 0.05) is 42.8 Å². The van der Waals surface area contributed by atoms with Crippen LogP contribution >= 0.6 is 0 Å². The molecule has 5 rings (SSSR count). The summed E-state index contributed by atoms with van der Waals surface area (Å²) < 4.78 is 11.8. The number of ether oxygens (including phenoxy) is 2. The molecule has 174 valence electrons. The summed E-state index contributed by atoms with van der Waals surface area (Å²) in [6.07, 6.45) is 5.43. The van der Waals surface area contributed by atoms with Crippen molar-refractivity contribution in [2.45, 2.75) is 38.5 Å². The molecule has 0 radical (unpaired) electrons. The molecule has 1 N–H and O–H groups in total. The average Bonchev–Trinajstić information content (AvgIpc) is 3.39. The van der Waals surface area contributed by atoms with E-state index in [4.69, 9.17) is 14.5 Å². The van der Waals surface area contributed by atoms with Crippen molar-refractivity contribution in [1.82, 2.24) is 9.97 Å². The van der Waals surface area contributed by atoms with Crippen LogP contribution in [0.4, 0.5) is 11.5 Å². The van der Waals surface area contributed by atoms with Gasteiger partial charge in [-0.25, -0.2) is 4.98 Å². The Morgan fingerprint density at radius 3 is 2.82 bits per heavy atom. The topological polar surface area (TPSA) is 93.3 Å². The minimum atomic E-state index is 0.350. The van der Waals surface area contributed by atoms with Gasteiger partial charge in [-0.2, -0.15) is 5.11 Å². The van der Waals surface area contributed by atoms with E-state index in [0.29, 0.717) is 12.5 Å². The molecule has 0 spiro atoms. The molecule has 3 aromatic rings. The van der Waals surface area contributed by atoms with Crippen molar-refractivity contribution in [3.8, 4) is 11.5 Å². The lowest BCUT2D eigenvalue weighted by atomic mass is 9.95. The molecule has 0 bridgehead atoms. The van der Waals surface area contributed by atoms with Gasteiger partial charge in [-0.15, -0.1) is 5.10 Å². The second-order valence-corrected chi connectivity index (χ2v) is 8.58. The summed E-state index contributed by atoms with van der Waals surface area (Å²) >= 11 is 0. The van der Waals surface area contributed by atoms with Gasteiger partial charge in [-0.05, 0) is 73.7 Å². The van der Waals surface area contributed by atoms with Crippen LogP contribution in [-0.2, 0) is 11.2 Å². The molecule has 34 heavy (non-hydrogen) atoms. The van der Waals surface area contributed by atoms with E-state index >= 15 is 0 Å². The Morgan fingerprint density at radius 2 is 1.97 bits per heavy atom. The maximum atomic E-state index is 6.30. The number of nitrogens with one attached hydrogen (secondary N) is 1. The third-order valence-corrected chi connectivity index (χ3v) is 6.00. The molecule has 8 nitrogen and oxygen atoms in total. The van der Waals surface area contributed by atoms with E-state index in [1.807, 2.05) is 43.3 Å². The molecule has 8 heteroatoms. The van der Waals surface area contributed by atoms with E-state index in [-0.39, 0.29) is 0 Å². The number of benzene rings is 1. The number of nitrogens with zero attached hydrogens (tertiary/aromatic N) is 5.